The molecule has 0 aliphatic heterocycles. The molecule has 7 heteroatoms. The molecule has 0 aliphatic carbocycles. The number of rotatable bonds is 7. The van der Waals surface area contributed by atoms with Crippen molar-refractivity contribution in [1.29, 1.82) is 0 Å². The van der Waals surface area contributed by atoms with Gasteiger partial charge in [0.05, 0.1) is 18.2 Å². The maximum Gasteiger partial charge on any atom is 0.258 e. The van der Waals surface area contributed by atoms with Crippen LogP contribution in [-0.2, 0) is 4.79 Å². The van der Waals surface area contributed by atoms with Crippen molar-refractivity contribution in [1.82, 2.24) is 5.32 Å². The highest BCUT2D eigenvalue weighted by atomic mass is 35.5. The summed E-state index contributed by atoms with van der Waals surface area (Å²) in [6, 6.07) is 11.7. The Bertz CT molecular complexity index is 691. The van der Waals surface area contributed by atoms with E-state index in [1.807, 2.05) is 0 Å². The van der Waals surface area contributed by atoms with Crippen molar-refractivity contribution >= 4 is 29.1 Å². The zero-order valence-electron chi connectivity index (χ0n) is 13.0. The highest BCUT2D eigenvalue weighted by Gasteiger charge is 2.11. The number of aliphatic hydroxyl groups excluding tert-OH is 1. The van der Waals surface area contributed by atoms with Crippen molar-refractivity contribution in [3.8, 4) is 11.5 Å². The molecule has 0 heterocycles. The lowest BCUT2D eigenvalue weighted by atomic mass is 10.1. The van der Waals surface area contributed by atoms with Gasteiger partial charge in [-0.05, 0) is 35.9 Å². The van der Waals surface area contributed by atoms with Gasteiger partial charge in [0, 0.05) is 11.6 Å². The molecule has 0 aliphatic rings. The van der Waals surface area contributed by atoms with Gasteiger partial charge >= 0.3 is 0 Å². The van der Waals surface area contributed by atoms with Crippen LogP contribution in [0.5, 0.6) is 11.5 Å². The highest BCUT2D eigenvalue weighted by molar-refractivity contribution is 6.35. The molecule has 5 nitrogen and oxygen atoms in total. The Balaban J connectivity index is 1.79. The van der Waals surface area contributed by atoms with Gasteiger partial charge in [0.1, 0.15) is 11.5 Å². The third kappa shape index (κ3) is 5.30. The third-order valence-electron chi connectivity index (χ3n) is 3.25. The molecule has 2 aromatic rings. The highest BCUT2D eigenvalue weighted by Crippen LogP contribution is 2.27. The topological polar surface area (TPSA) is 67.8 Å². The van der Waals surface area contributed by atoms with Crippen LogP contribution < -0.4 is 14.8 Å². The van der Waals surface area contributed by atoms with E-state index in [-0.39, 0.29) is 19.1 Å². The van der Waals surface area contributed by atoms with E-state index in [1.165, 1.54) is 6.07 Å². The molecule has 0 aromatic heterocycles. The van der Waals surface area contributed by atoms with E-state index in [1.54, 1.807) is 43.5 Å². The molecule has 128 valence electrons. The Hall–Kier alpha value is -1.95. The molecular formula is C17H17Cl2NO4. The number of carbonyl (C=O) groups is 1. The Labute approximate surface area is 150 Å². The van der Waals surface area contributed by atoms with Crippen LogP contribution in [-0.4, -0.2) is 31.3 Å². The van der Waals surface area contributed by atoms with Crippen LogP contribution in [0.4, 0.5) is 0 Å². The Morgan fingerprint density at radius 2 is 1.92 bits per heavy atom. The predicted molar refractivity (Wildman–Crippen MR) is 92.9 cm³/mol. The summed E-state index contributed by atoms with van der Waals surface area (Å²) in [5.41, 5.74) is 0.678. The lowest BCUT2D eigenvalue weighted by molar-refractivity contribution is -0.123. The van der Waals surface area contributed by atoms with E-state index >= 15 is 0 Å². The first-order chi connectivity index (χ1) is 11.5. The zero-order valence-corrected chi connectivity index (χ0v) is 14.5. The fraction of sp³-hybridized carbons (Fsp3) is 0.235. The SMILES string of the molecule is COc1ccc(C(O)CNC(=O)COc2ccc(Cl)cc2Cl)cc1. The van der Waals surface area contributed by atoms with E-state index in [2.05, 4.69) is 5.32 Å². The summed E-state index contributed by atoms with van der Waals surface area (Å²) in [7, 11) is 1.57. The lowest BCUT2D eigenvalue weighted by Crippen LogP contribution is -2.32. The standard InChI is InChI=1S/C17H17Cl2NO4/c1-23-13-5-2-11(3-6-13)15(21)9-20-17(22)10-24-16-7-4-12(18)8-14(16)19/h2-8,15,21H,9-10H2,1H3,(H,20,22). The number of benzene rings is 2. The first-order valence-electron chi connectivity index (χ1n) is 7.16. The summed E-state index contributed by atoms with van der Waals surface area (Å²) in [6.07, 6.45) is -0.820. The second kappa shape index (κ2) is 8.78. The first kappa shape index (κ1) is 18.4. The van der Waals surface area contributed by atoms with Gasteiger partial charge in [-0.2, -0.15) is 0 Å². The van der Waals surface area contributed by atoms with Crippen LogP contribution in [0.2, 0.25) is 10.0 Å². The molecule has 0 bridgehead atoms. The van der Waals surface area contributed by atoms with E-state index in [0.717, 1.165) is 0 Å². The summed E-state index contributed by atoms with van der Waals surface area (Å²) in [5, 5.41) is 13.5. The molecule has 0 fully saturated rings. The van der Waals surface area contributed by atoms with Gasteiger partial charge in [0.2, 0.25) is 0 Å². The molecule has 1 atom stereocenters. The van der Waals surface area contributed by atoms with E-state index in [0.29, 0.717) is 27.1 Å². The molecule has 2 rings (SSSR count). The molecular weight excluding hydrogens is 353 g/mol. The fourth-order valence-electron chi connectivity index (χ4n) is 1.94. The average molecular weight is 370 g/mol. The monoisotopic (exact) mass is 369 g/mol. The number of hydrogen-bond acceptors (Lipinski definition) is 4. The van der Waals surface area contributed by atoms with Crippen LogP contribution in [0, 0.1) is 0 Å². The van der Waals surface area contributed by atoms with Gasteiger partial charge in [-0.1, -0.05) is 35.3 Å². The van der Waals surface area contributed by atoms with E-state index in [9.17, 15) is 9.90 Å². The number of carbonyl (C=O) groups excluding carboxylic acids is 1. The molecule has 0 radical (unpaired) electrons. The summed E-state index contributed by atoms with van der Waals surface area (Å²) in [5.74, 6) is 0.698. The number of aliphatic hydroxyl groups is 1. The van der Waals surface area contributed by atoms with Gasteiger partial charge in [-0.15, -0.1) is 0 Å². The van der Waals surface area contributed by atoms with Crippen molar-refractivity contribution in [3.63, 3.8) is 0 Å². The van der Waals surface area contributed by atoms with E-state index in [4.69, 9.17) is 32.7 Å². The summed E-state index contributed by atoms with van der Waals surface area (Å²) < 4.78 is 10.4. The Morgan fingerprint density at radius 3 is 2.54 bits per heavy atom. The van der Waals surface area contributed by atoms with Crippen LogP contribution in [0.25, 0.3) is 0 Å². The van der Waals surface area contributed by atoms with Crippen molar-refractivity contribution in [2.75, 3.05) is 20.3 Å². The van der Waals surface area contributed by atoms with E-state index < -0.39 is 6.10 Å². The maximum absolute atomic E-state index is 11.8. The number of amides is 1. The van der Waals surface area contributed by atoms with Crippen molar-refractivity contribution in [3.05, 3.63) is 58.1 Å². The number of ether oxygens (including phenoxy) is 2. The molecule has 1 amide bonds. The quantitative estimate of drug-likeness (QED) is 0.785. The number of methoxy groups -OCH3 is 1. The van der Waals surface area contributed by atoms with Crippen molar-refractivity contribution in [2.24, 2.45) is 0 Å². The normalized spacial score (nSPS) is 11.7. The van der Waals surface area contributed by atoms with Crippen LogP contribution >= 0.6 is 23.2 Å². The minimum Gasteiger partial charge on any atom is -0.497 e. The third-order valence-corrected chi connectivity index (χ3v) is 3.78. The Kier molecular flexibility index (Phi) is 6.73. The van der Waals surface area contributed by atoms with Gasteiger partial charge < -0.3 is 19.9 Å². The minimum absolute atomic E-state index is 0.0723. The number of nitrogens with one attached hydrogen (secondary N) is 1. The zero-order chi connectivity index (χ0) is 17.5. The summed E-state index contributed by atoms with van der Waals surface area (Å²) >= 11 is 11.7. The molecule has 0 spiro atoms. The largest absolute Gasteiger partial charge is 0.497 e. The summed E-state index contributed by atoms with van der Waals surface area (Å²) in [4.78, 5) is 11.8. The van der Waals surface area contributed by atoms with Gasteiger partial charge in [-0.3, -0.25) is 4.79 Å². The average Bonchev–Trinajstić information content (AvgIpc) is 2.59. The fourth-order valence-corrected chi connectivity index (χ4v) is 2.40. The number of hydrogen-bond donors (Lipinski definition) is 2. The van der Waals surface area contributed by atoms with Crippen LogP contribution in [0.3, 0.4) is 0 Å². The first-order valence-corrected chi connectivity index (χ1v) is 7.91. The van der Waals surface area contributed by atoms with Crippen LogP contribution in [0.15, 0.2) is 42.5 Å². The molecule has 1 unspecified atom stereocenters. The molecule has 2 N–H and O–H groups in total. The smallest absolute Gasteiger partial charge is 0.258 e. The van der Waals surface area contributed by atoms with Gasteiger partial charge in [-0.25, -0.2) is 0 Å². The second-order valence-electron chi connectivity index (χ2n) is 4.96. The van der Waals surface area contributed by atoms with Gasteiger partial charge in [0.25, 0.3) is 5.91 Å². The van der Waals surface area contributed by atoms with Crippen LogP contribution in [0.1, 0.15) is 11.7 Å². The van der Waals surface area contributed by atoms with Crippen molar-refractivity contribution in [2.45, 2.75) is 6.10 Å². The molecule has 0 saturated carbocycles. The maximum atomic E-state index is 11.8. The molecule has 24 heavy (non-hydrogen) atoms. The Morgan fingerprint density at radius 1 is 1.21 bits per heavy atom. The predicted octanol–water partition coefficient (Wildman–Crippen LogP) is 3.23. The number of halogens is 2. The molecule has 0 saturated heterocycles. The summed E-state index contributed by atoms with van der Waals surface area (Å²) in [6.45, 7) is -0.139. The lowest BCUT2D eigenvalue weighted by Gasteiger charge is -2.13. The van der Waals surface area contributed by atoms with Crippen molar-refractivity contribution < 1.29 is 19.4 Å². The second-order valence-corrected chi connectivity index (χ2v) is 5.80. The molecule has 2 aromatic carbocycles. The minimum atomic E-state index is -0.820. The van der Waals surface area contributed by atoms with Gasteiger partial charge in [0.15, 0.2) is 6.61 Å².